The molecule has 3 heterocycles. The third-order valence-electron chi connectivity index (χ3n) is 1.79. The van der Waals surface area contributed by atoms with Gasteiger partial charge in [-0.2, -0.15) is 0 Å². The van der Waals surface area contributed by atoms with E-state index in [1.54, 1.807) is 17.1 Å². The summed E-state index contributed by atoms with van der Waals surface area (Å²) >= 11 is 3.26. The topological polar surface area (TPSA) is 71.8 Å². The third-order valence-corrected chi connectivity index (χ3v) is 2.33. The molecular weight excluding hydrogens is 236 g/mol. The van der Waals surface area contributed by atoms with Gasteiger partial charge in [0.1, 0.15) is 11.8 Å². The maximum Gasteiger partial charge on any atom is 0.205 e. The van der Waals surface area contributed by atoms with Crippen molar-refractivity contribution >= 4 is 32.7 Å². The van der Waals surface area contributed by atoms with Crippen LogP contribution < -0.4 is 0 Å². The van der Waals surface area contributed by atoms with E-state index in [0.717, 1.165) is 11.2 Å². The molecule has 0 unspecified atom stereocenters. The lowest BCUT2D eigenvalue weighted by atomic mass is 10.5. The van der Waals surface area contributed by atoms with E-state index in [2.05, 4.69) is 41.1 Å². The summed E-state index contributed by atoms with van der Waals surface area (Å²) in [7, 11) is 0. The first-order valence-electron chi connectivity index (χ1n) is 3.54. The molecule has 3 aromatic heterocycles. The Morgan fingerprint density at radius 1 is 1.31 bits per heavy atom. The van der Waals surface area contributed by atoms with Crippen molar-refractivity contribution in [2.24, 2.45) is 0 Å². The summed E-state index contributed by atoms with van der Waals surface area (Å²) < 4.78 is 2.37. The Bertz CT molecular complexity index is 581. The van der Waals surface area contributed by atoms with Crippen LogP contribution in [0.3, 0.4) is 0 Å². The minimum Gasteiger partial charge on any atom is -0.340 e. The van der Waals surface area contributed by atoms with Crippen molar-refractivity contribution in [3.63, 3.8) is 0 Å². The van der Waals surface area contributed by atoms with Gasteiger partial charge in [0, 0.05) is 0 Å². The molecule has 0 saturated carbocycles. The second kappa shape index (κ2) is 2.25. The normalized spacial score (nSPS) is 11.5. The minimum absolute atomic E-state index is 0.631. The van der Waals surface area contributed by atoms with Crippen LogP contribution in [0.15, 0.2) is 17.4 Å². The monoisotopic (exact) mass is 238 g/mol. The molecule has 0 aliphatic carbocycles. The van der Waals surface area contributed by atoms with Crippen LogP contribution >= 0.6 is 15.9 Å². The Labute approximate surface area is 80.2 Å². The second-order valence-corrected chi connectivity index (χ2v) is 3.22. The number of aromatic amines is 1. The fourth-order valence-electron chi connectivity index (χ4n) is 1.21. The van der Waals surface area contributed by atoms with Crippen LogP contribution in [0.4, 0.5) is 0 Å². The quantitative estimate of drug-likeness (QED) is 0.628. The van der Waals surface area contributed by atoms with Gasteiger partial charge in [-0.25, -0.2) is 9.97 Å². The SMILES string of the molecule is Brc1nnc2c3[nH]cnc3ncn12. The number of hydrogen-bond acceptors (Lipinski definition) is 4. The van der Waals surface area contributed by atoms with E-state index in [4.69, 9.17) is 0 Å². The first-order chi connectivity index (χ1) is 6.36. The van der Waals surface area contributed by atoms with Crippen LogP contribution in [0.5, 0.6) is 0 Å². The third kappa shape index (κ3) is 0.816. The van der Waals surface area contributed by atoms with Gasteiger partial charge in [-0.15, -0.1) is 10.2 Å². The van der Waals surface area contributed by atoms with Gasteiger partial charge in [0.25, 0.3) is 0 Å². The minimum atomic E-state index is 0.631. The predicted octanol–water partition coefficient (Wildman–Crippen LogP) is 0.763. The summed E-state index contributed by atoms with van der Waals surface area (Å²) in [5, 5.41) is 7.84. The van der Waals surface area contributed by atoms with Gasteiger partial charge in [0.2, 0.25) is 4.73 Å². The highest BCUT2D eigenvalue weighted by molar-refractivity contribution is 9.10. The lowest BCUT2D eigenvalue weighted by Crippen LogP contribution is -1.88. The zero-order valence-corrected chi connectivity index (χ0v) is 7.85. The lowest BCUT2D eigenvalue weighted by molar-refractivity contribution is 1.03. The summed E-state index contributed by atoms with van der Waals surface area (Å²) in [5.41, 5.74) is 2.16. The molecule has 0 saturated heterocycles. The Kier molecular flexibility index (Phi) is 1.21. The maximum absolute atomic E-state index is 4.11. The van der Waals surface area contributed by atoms with E-state index in [1.165, 1.54) is 0 Å². The average molecular weight is 239 g/mol. The Hall–Kier alpha value is -1.50. The Balaban J connectivity index is 2.66. The maximum atomic E-state index is 4.11. The Morgan fingerprint density at radius 3 is 3.15 bits per heavy atom. The molecular formula is C6H3BrN6. The van der Waals surface area contributed by atoms with Crippen molar-refractivity contribution in [2.45, 2.75) is 0 Å². The van der Waals surface area contributed by atoms with E-state index in [9.17, 15) is 0 Å². The number of H-pyrrole nitrogens is 1. The summed E-state index contributed by atoms with van der Waals surface area (Å²) in [4.78, 5) is 11.1. The van der Waals surface area contributed by atoms with Crippen molar-refractivity contribution in [2.75, 3.05) is 0 Å². The van der Waals surface area contributed by atoms with E-state index in [0.29, 0.717) is 10.4 Å². The first-order valence-corrected chi connectivity index (χ1v) is 4.34. The molecule has 3 aromatic rings. The average Bonchev–Trinajstić information content (AvgIpc) is 2.70. The fraction of sp³-hybridized carbons (Fsp3) is 0. The molecule has 64 valence electrons. The van der Waals surface area contributed by atoms with Crippen molar-refractivity contribution in [3.8, 4) is 0 Å². The summed E-state index contributed by atoms with van der Waals surface area (Å²) in [6.07, 6.45) is 3.21. The molecule has 0 aromatic carbocycles. The summed E-state index contributed by atoms with van der Waals surface area (Å²) in [6, 6.07) is 0. The van der Waals surface area contributed by atoms with E-state index >= 15 is 0 Å². The second-order valence-electron chi connectivity index (χ2n) is 2.51. The van der Waals surface area contributed by atoms with Gasteiger partial charge in [-0.3, -0.25) is 4.40 Å². The summed E-state index contributed by atoms with van der Waals surface area (Å²) in [6.45, 7) is 0. The molecule has 1 N–H and O–H groups in total. The number of nitrogens with one attached hydrogen (secondary N) is 1. The molecule has 0 bridgehead atoms. The molecule has 0 aliphatic heterocycles. The van der Waals surface area contributed by atoms with Gasteiger partial charge in [-0.1, -0.05) is 0 Å². The first kappa shape index (κ1) is 6.96. The van der Waals surface area contributed by atoms with Gasteiger partial charge >= 0.3 is 0 Å². The zero-order chi connectivity index (χ0) is 8.84. The molecule has 3 rings (SSSR count). The molecule has 0 atom stereocenters. The van der Waals surface area contributed by atoms with Gasteiger partial charge in [0.15, 0.2) is 11.3 Å². The van der Waals surface area contributed by atoms with Crippen LogP contribution in [-0.4, -0.2) is 29.5 Å². The van der Waals surface area contributed by atoms with Gasteiger partial charge in [0.05, 0.1) is 6.33 Å². The van der Waals surface area contributed by atoms with E-state index in [-0.39, 0.29) is 0 Å². The number of aromatic nitrogens is 6. The smallest absolute Gasteiger partial charge is 0.205 e. The van der Waals surface area contributed by atoms with Crippen LogP contribution in [0.2, 0.25) is 0 Å². The largest absolute Gasteiger partial charge is 0.340 e. The Morgan fingerprint density at radius 2 is 2.23 bits per heavy atom. The predicted molar refractivity (Wildman–Crippen MR) is 48.1 cm³/mol. The number of hydrogen-bond donors (Lipinski definition) is 1. The molecule has 0 aliphatic rings. The van der Waals surface area contributed by atoms with Gasteiger partial charge < -0.3 is 4.98 Å². The van der Waals surface area contributed by atoms with Crippen molar-refractivity contribution in [1.82, 2.24) is 29.5 Å². The highest BCUT2D eigenvalue weighted by Gasteiger charge is 2.08. The molecule has 0 amide bonds. The van der Waals surface area contributed by atoms with Crippen LogP contribution in [0.1, 0.15) is 0 Å². The van der Waals surface area contributed by atoms with Crippen LogP contribution in [0, 0.1) is 0 Å². The molecule has 13 heavy (non-hydrogen) atoms. The van der Waals surface area contributed by atoms with Crippen molar-refractivity contribution in [3.05, 3.63) is 17.4 Å². The lowest BCUT2D eigenvalue weighted by Gasteiger charge is -1.91. The number of imidazole rings is 1. The highest BCUT2D eigenvalue weighted by atomic mass is 79.9. The van der Waals surface area contributed by atoms with E-state index < -0.39 is 0 Å². The van der Waals surface area contributed by atoms with Gasteiger partial charge in [-0.05, 0) is 15.9 Å². The highest BCUT2D eigenvalue weighted by Crippen LogP contribution is 2.15. The number of halogens is 1. The molecule has 0 radical (unpaired) electrons. The number of nitrogens with zero attached hydrogens (tertiary/aromatic N) is 5. The fourth-order valence-corrected chi connectivity index (χ4v) is 1.55. The zero-order valence-electron chi connectivity index (χ0n) is 6.27. The van der Waals surface area contributed by atoms with Crippen LogP contribution in [0.25, 0.3) is 16.8 Å². The number of fused-ring (bicyclic) bond motifs is 3. The molecule has 0 fully saturated rings. The molecule has 7 heteroatoms. The molecule has 0 spiro atoms. The van der Waals surface area contributed by atoms with Crippen molar-refractivity contribution < 1.29 is 0 Å². The standard InChI is InChI=1S/C6H3BrN6/c7-6-12-11-5-3-4(9-1-8-3)10-2-13(5)6/h1-2H,(H,8,9). The van der Waals surface area contributed by atoms with Crippen LogP contribution in [-0.2, 0) is 0 Å². The number of rotatable bonds is 0. The summed E-state index contributed by atoms with van der Waals surface area (Å²) in [5.74, 6) is 0. The molecule has 6 nitrogen and oxygen atoms in total. The van der Waals surface area contributed by atoms with Crippen molar-refractivity contribution in [1.29, 1.82) is 0 Å². The van der Waals surface area contributed by atoms with E-state index in [1.807, 2.05) is 0 Å².